The molecule has 8 nitrogen and oxygen atoms in total. The Balaban J connectivity index is 1.62. The summed E-state index contributed by atoms with van der Waals surface area (Å²) in [6.45, 7) is 2.81. The zero-order valence-electron chi connectivity index (χ0n) is 12.4. The van der Waals surface area contributed by atoms with Gasteiger partial charge in [0, 0.05) is 25.5 Å². The Morgan fingerprint density at radius 1 is 1.17 bits per heavy atom. The van der Waals surface area contributed by atoms with Crippen molar-refractivity contribution in [3.05, 3.63) is 48.3 Å². The first-order chi connectivity index (χ1) is 11.3. The largest absolute Gasteiger partial charge is 0.335 e. The lowest BCUT2D eigenvalue weighted by molar-refractivity contribution is 0.569. The molecule has 0 bridgehead atoms. The summed E-state index contributed by atoms with van der Waals surface area (Å²) in [5.41, 5.74) is 1.93. The van der Waals surface area contributed by atoms with Crippen LogP contribution in [0.25, 0.3) is 0 Å². The molecule has 4 rings (SSSR count). The number of anilines is 1. The van der Waals surface area contributed by atoms with Gasteiger partial charge in [-0.25, -0.2) is 24.0 Å². The van der Waals surface area contributed by atoms with E-state index < -0.39 is 5.82 Å². The second-order valence-corrected chi connectivity index (χ2v) is 5.42. The molecule has 0 unspecified atom stereocenters. The quantitative estimate of drug-likeness (QED) is 0.713. The Morgan fingerprint density at radius 2 is 2.04 bits per heavy atom. The van der Waals surface area contributed by atoms with E-state index >= 15 is 0 Å². The van der Waals surface area contributed by atoms with E-state index in [0.717, 1.165) is 30.9 Å². The third-order valence-electron chi connectivity index (χ3n) is 3.84. The number of halogens is 1. The predicted octanol–water partition coefficient (Wildman–Crippen LogP) is 0.862. The van der Waals surface area contributed by atoms with Gasteiger partial charge in [-0.3, -0.25) is 0 Å². The van der Waals surface area contributed by atoms with E-state index in [1.54, 1.807) is 12.5 Å². The SMILES string of the molecule is Fc1cnc(N2CCCn3nnc(Cn4ccnc4)c3C2)nc1. The van der Waals surface area contributed by atoms with Crippen LogP contribution in [0, 0.1) is 5.82 Å². The molecule has 3 aromatic rings. The third kappa shape index (κ3) is 2.77. The Kier molecular flexibility index (Phi) is 3.45. The Labute approximate surface area is 131 Å². The van der Waals surface area contributed by atoms with Gasteiger partial charge in [0.25, 0.3) is 0 Å². The number of fused-ring (bicyclic) bond motifs is 1. The molecule has 0 radical (unpaired) electrons. The zero-order valence-corrected chi connectivity index (χ0v) is 12.4. The summed E-state index contributed by atoms with van der Waals surface area (Å²) in [4.78, 5) is 14.2. The van der Waals surface area contributed by atoms with Crippen LogP contribution < -0.4 is 4.90 Å². The van der Waals surface area contributed by atoms with Crippen LogP contribution in [0.15, 0.2) is 31.1 Å². The first-order valence-electron chi connectivity index (χ1n) is 7.39. The smallest absolute Gasteiger partial charge is 0.225 e. The van der Waals surface area contributed by atoms with E-state index in [9.17, 15) is 4.39 Å². The summed E-state index contributed by atoms with van der Waals surface area (Å²) in [7, 11) is 0. The summed E-state index contributed by atoms with van der Waals surface area (Å²) in [6, 6.07) is 0. The van der Waals surface area contributed by atoms with E-state index in [2.05, 4.69) is 25.3 Å². The van der Waals surface area contributed by atoms with E-state index in [4.69, 9.17) is 0 Å². The summed E-state index contributed by atoms with van der Waals surface area (Å²) in [5, 5.41) is 8.54. The molecule has 0 saturated carbocycles. The molecule has 0 atom stereocenters. The fraction of sp³-hybridized carbons (Fsp3) is 0.357. The maximum Gasteiger partial charge on any atom is 0.225 e. The number of imidazole rings is 1. The lowest BCUT2D eigenvalue weighted by Gasteiger charge is -2.19. The molecular weight excluding hydrogens is 299 g/mol. The van der Waals surface area contributed by atoms with Gasteiger partial charge >= 0.3 is 0 Å². The summed E-state index contributed by atoms with van der Waals surface area (Å²) in [6.07, 6.45) is 8.67. The van der Waals surface area contributed by atoms with E-state index in [0.29, 0.717) is 19.0 Å². The second kappa shape index (κ2) is 5.75. The van der Waals surface area contributed by atoms with Crippen LogP contribution in [0.4, 0.5) is 10.3 Å². The molecule has 1 aliphatic rings. The highest BCUT2D eigenvalue weighted by Gasteiger charge is 2.21. The van der Waals surface area contributed by atoms with Crippen molar-refractivity contribution in [3.63, 3.8) is 0 Å². The molecule has 118 valence electrons. The van der Waals surface area contributed by atoms with Crippen LogP contribution in [0.1, 0.15) is 17.8 Å². The highest BCUT2D eigenvalue weighted by Crippen LogP contribution is 2.19. The van der Waals surface area contributed by atoms with Crippen molar-refractivity contribution >= 4 is 5.95 Å². The summed E-state index contributed by atoms with van der Waals surface area (Å²) >= 11 is 0. The fourth-order valence-corrected chi connectivity index (χ4v) is 2.71. The molecule has 23 heavy (non-hydrogen) atoms. The summed E-state index contributed by atoms with van der Waals surface area (Å²) in [5.74, 6) is 0.0886. The van der Waals surface area contributed by atoms with Gasteiger partial charge in [0.05, 0.1) is 37.5 Å². The van der Waals surface area contributed by atoms with Crippen LogP contribution in [0.5, 0.6) is 0 Å². The van der Waals surface area contributed by atoms with Crippen LogP contribution in [0.2, 0.25) is 0 Å². The first-order valence-corrected chi connectivity index (χ1v) is 7.39. The molecular formula is C14H15FN8. The molecule has 4 heterocycles. The monoisotopic (exact) mass is 314 g/mol. The maximum absolute atomic E-state index is 13.0. The Hall–Kier alpha value is -2.84. The number of hydrogen-bond acceptors (Lipinski definition) is 6. The Morgan fingerprint density at radius 3 is 2.83 bits per heavy atom. The molecule has 0 saturated heterocycles. The van der Waals surface area contributed by atoms with Crippen molar-refractivity contribution in [3.8, 4) is 0 Å². The number of hydrogen-bond donors (Lipinski definition) is 0. The number of rotatable bonds is 3. The standard InChI is InChI=1S/C14H15FN8/c15-11-6-17-14(18-7-11)22-3-1-4-23-13(9-22)12(19-20-23)8-21-5-2-16-10-21/h2,5-7,10H,1,3-4,8-9H2. The van der Waals surface area contributed by atoms with Gasteiger partial charge in [0.2, 0.25) is 5.95 Å². The van der Waals surface area contributed by atoms with Gasteiger partial charge in [-0.05, 0) is 6.42 Å². The molecule has 0 N–H and O–H groups in total. The third-order valence-corrected chi connectivity index (χ3v) is 3.84. The molecule has 3 aromatic heterocycles. The van der Waals surface area contributed by atoms with Gasteiger partial charge in [-0.1, -0.05) is 5.21 Å². The van der Waals surface area contributed by atoms with Crippen molar-refractivity contribution in [2.24, 2.45) is 0 Å². The van der Waals surface area contributed by atoms with Crippen molar-refractivity contribution in [1.82, 2.24) is 34.5 Å². The predicted molar refractivity (Wildman–Crippen MR) is 79.0 cm³/mol. The lowest BCUT2D eigenvalue weighted by Crippen LogP contribution is -2.25. The average Bonchev–Trinajstić information content (AvgIpc) is 3.14. The molecule has 9 heteroatoms. The van der Waals surface area contributed by atoms with Gasteiger partial charge in [-0.2, -0.15) is 0 Å². The average molecular weight is 314 g/mol. The molecule has 1 aliphatic heterocycles. The van der Waals surface area contributed by atoms with E-state index in [-0.39, 0.29) is 0 Å². The lowest BCUT2D eigenvalue weighted by atomic mass is 10.3. The van der Waals surface area contributed by atoms with E-state index in [1.807, 2.05) is 20.3 Å². The highest BCUT2D eigenvalue weighted by atomic mass is 19.1. The number of aryl methyl sites for hydroxylation is 1. The topological polar surface area (TPSA) is 77.5 Å². The van der Waals surface area contributed by atoms with Gasteiger partial charge < -0.3 is 9.47 Å². The van der Waals surface area contributed by atoms with Crippen molar-refractivity contribution in [2.45, 2.75) is 26.1 Å². The van der Waals surface area contributed by atoms with Gasteiger partial charge in [0.15, 0.2) is 5.82 Å². The highest BCUT2D eigenvalue weighted by molar-refractivity contribution is 5.31. The second-order valence-electron chi connectivity index (χ2n) is 5.42. The maximum atomic E-state index is 13.0. The summed E-state index contributed by atoms with van der Waals surface area (Å²) < 4.78 is 16.9. The van der Waals surface area contributed by atoms with Crippen molar-refractivity contribution < 1.29 is 4.39 Å². The van der Waals surface area contributed by atoms with Crippen molar-refractivity contribution in [2.75, 3.05) is 11.4 Å². The number of aromatic nitrogens is 7. The first kappa shape index (κ1) is 13.8. The van der Waals surface area contributed by atoms with Crippen LogP contribution in [-0.4, -0.2) is 41.1 Å². The molecule has 0 fully saturated rings. The molecule has 0 spiro atoms. The van der Waals surface area contributed by atoms with Crippen molar-refractivity contribution in [1.29, 1.82) is 0 Å². The van der Waals surface area contributed by atoms with Crippen LogP contribution in [0.3, 0.4) is 0 Å². The zero-order chi connectivity index (χ0) is 15.6. The molecule has 0 aromatic carbocycles. The minimum Gasteiger partial charge on any atom is -0.335 e. The molecule has 0 amide bonds. The fourth-order valence-electron chi connectivity index (χ4n) is 2.71. The normalized spacial score (nSPS) is 14.6. The van der Waals surface area contributed by atoms with Gasteiger partial charge in [0.1, 0.15) is 5.69 Å². The molecule has 0 aliphatic carbocycles. The van der Waals surface area contributed by atoms with Crippen LogP contribution in [-0.2, 0) is 19.6 Å². The van der Waals surface area contributed by atoms with Crippen LogP contribution >= 0.6 is 0 Å². The minimum absolute atomic E-state index is 0.434. The Bertz CT molecular complexity index is 780. The number of nitrogens with zero attached hydrogens (tertiary/aromatic N) is 8. The van der Waals surface area contributed by atoms with Gasteiger partial charge in [-0.15, -0.1) is 5.10 Å². The minimum atomic E-state index is -0.434. The van der Waals surface area contributed by atoms with E-state index in [1.165, 1.54) is 12.4 Å².